The van der Waals surface area contributed by atoms with Crippen molar-refractivity contribution in [2.24, 2.45) is 0 Å². The lowest BCUT2D eigenvalue weighted by molar-refractivity contribution is 0.0697. The molecule has 2 aromatic rings. The van der Waals surface area contributed by atoms with Gasteiger partial charge >= 0.3 is 5.97 Å². The van der Waals surface area contributed by atoms with E-state index >= 15 is 0 Å². The molecule has 0 saturated heterocycles. The van der Waals surface area contributed by atoms with Gasteiger partial charge in [-0.15, -0.1) is 0 Å². The Balaban J connectivity index is 2.34. The molecule has 0 aliphatic rings. The Bertz CT molecular complexity index is 635. The lowest BCUT2D eigenvalue weighted by atomic mass is 9.79. The highest BCUT2D eigenvalue weighted by Gasteiger charge is 2.24. The number of benzene rings is 2. The van der Waals surface area contributed by atoms with Crippen molar-refractivity contribution in [2.75, 3.05) is 6.61 Å². The van der Waals surface area contributed by atoms with Crippen LogP contribution in [0.5, 0.6) is 0 Å². The normalized spacial score (nSPS) is 13.5. The van der Waals surface area contributed by atoms with Gasteiger partial charge in [-0.1, -0.05) is 49.2 Å². The van der Waals surface area contributed by atoms with Crippen molar-refractivity contribution < 1.29 is 15.0 Å². The quantitative estimate of drug-likeness (QED) is 0.772. The standard InChI is InChI=1S/C19H21ClO3/c1-2-3-17(13-4-6-15(7-5-13)19(22)23)18(12-21)14-8-10-16(20)11-9-14/h4-11,17-18,21H,2-3,12H2,1H3,(H,22,23). The lowest BCUT2D eigenvalue weighted by Gasteiger charge is -2.26. The SMILES string of the molecule is CCCC(c1ccc(C(=O)O)cc1)C(CO)c1ccc(Cl)cc1. The Kier molecular flexibility index (Phi) is 6.20. The zero-order valence-electron chi connectivity index (χ0n) is 13.1. The van der Waals surface area contributed by atoms with E-state index in [0.717, 1.165) is 24.0 Å². The van der Waals surface area contributed by atoms with Crippen LogP contribution >= 0.6 is 11.6 Å². The lowest BCUT2D eigenvalue weighted by Crippen LogP contribution is -2.15. The van der Waals surface area contributed by atoms with Gasteiger partial charge < -0.3 is 10.2 Å². The van der Waals surface area contributed by atoms with Gasteiger partial charge in [0.15, 0.2) is 0 Å². The van der Waals surface area contributed by atoms with Crippen LogP contribution in [-0.4, -0.2) is 22.8 Å². The predicted octanol–water partition coefficient (Wildman–Crippen LogP) is 4.70. The first kappa shape index (κ1) is 17.5. The van der Waals surface area contributed by atoms with Crippen LogP contribution < -0.4 is 0 Å². The van der Waals surface area contributed by atoms with Crippen molar-refractivity contribution in [3.05, 3.63) is 70.2 Å². The van der Waals surface area contributed by atoms with E-state index < -0.39 is 5.97 Å². The molecule has 2 atom stereocenters. The van der Waals surface area contributed by atoms with Gasteiger partial charge in [0.2, 0.25) is 0 Å². The van der Waals surface area contributed by atoms with Crippen LogP contribution in [0.2, 0.25) is 5.02 Å². The first-order chi connectivity index (χ1) is 11.1. The van der Waals surface area contributed by atoms with Crippen molar-refractivity contribution in [2.45, 2.75) is 31.6 Å². The summed E-state index contributed by atoms with van der Waals surface area (Å²) in [5.74, 6) is -0.836. The molecule has 0 spiro atoms. The molecule has 2 rings (SSSR count). The molecule has 2 aromatic carbocycles. The van der Waals surface area contributed by atoms with Crippen LogP contribution in [0.4, 0.5) is 0 Å². The molecule has 0 aliphatic carbocycles. The molecule has 0 aromatic heterocycles. The zero-order chi connectivity index (χ0) is 16.8. The summed E-state index contributed by atoms with van der Waals surface area (Å²) in [6, 6.07) is 14.5. The monoisotopic (exact) mass is 332 g/mol. The van der Waals surface area contributed by atoms with Gasteiger partial charge in [-0.3, -0.25) is 0 Å². The number of carboxylic acids is 1. The van der Waals surface area contributed by atoms with Crippen LogP contribution in [0.15, 0.2) is 48.5 Å². The van der Waals surface area contributed by atoms with E-state index in [0.29, 0.717) is 5.02 Å². The Morgan fingerprint density at radius 1 is 1.00 bits per heavy atom. The fourth-order valence-corrected chi connectivity index (χ4v) is 3.08. The van der Waals surface area contributed by atoms with Crippen molar-refractivity contribution in [3.8, 4) is 0 Å². The highest BCUT2D eigenvalue weighted by Crippen LogP contribution is 2.36. The molecule has 0 radical (unpaired) electrons. The summed E-state index contributed by atoms with van der Waals surface area (Å²) in [7, 11) is 0. The molecule has 0 amide bonds. The first-order valence-electron chi connectivity index (χ1n) is 7.76. The molecular weight excluding hydrogens is 312 g/mol. The van der Waals surface area contributed by atoms with Crippen LogP contribution in [0, 0.1) is 0 Å². The minimum Gasteiger partial charge on any atom is -0.478 e. The number of aliphatic hydroxyl groups is 1. The summed E-state index contributed by atoms with van der Waals surface area (Å²) in [4.78, 5) is 11.0. The topological polar surface area (TPSA) is 57.5 Å². The summed E-state index contributed by atoms with van der Waals surface area (Å²) in [5, 5.41) is 19.6. The number of hydrogen-bond donors (Lipinski definition) is 2. The van der Waals surface area contributed by atoms with E-state index in [2.05, 4.69) is 6.92 Å². The average Bonchev–Trinajstić information content (AvgIpc) is 2.56. The summed E-state index contributed by atoms with van der Waals surface area (Å²) in [5.41, 5.74) is 2.36. The fourth-order valence-electron chi connectivity index (χ4n) is 2.96. The molecule has 0 aliphatic heterocycles. The smallest absolute Gasteiger partial charge is 0.335 e. The van der Waals surface area contributed by atoms with Gasteiger partial charge in [0.25, 0.3) is 0 Å². The Morgan fingerprint density at radius 3 is 2.00 bits per heavy atom. The van der Waals surface area contributed by atoms with Gasteiger partial charge in [-0.25, -0.2) is 4.79 Å². The second-order valence-corrected chi connectivity index (χ2v) is 6.10. The predicted molar refractivity (Wildman–Crippen MR) is 92.3 cm³/mol. The summed E-state index contributed by atoms with van der Waals surface area (Å²) in [6.07, 6.45) is 1.90. The van der Waals surface area contributed by atoms with Crippen molar-refractivity contribution in [3.63, 3.8) is 0 Å². The summed E-state index contributed by atoms with van der Waals surface area (Å²) >= 11 is 5.95. The molecule has 23 heavy (non-hydrogen) atoms. The minimum atomic E-state index is -0.931. The largest absolute Gasteiger partial charge is 0.478 e. The molecule has 4 heteroatoms. The van der Waals surface area contributed by atoms with Crippen LogP contribution in [-0.2, 0) is 0 Å². The molecule has 122 valence electrons. The summed E-state index contributed by atoms with van der Waals surface area (Å²) in [6.45, 7) is 2.14. The maximum absolute atomic E-state index is 11.0. The van der Waals surface area contributed by atoms with Crippen molar-refractivity contribution >= 4 is 17.6 Å². The van der Waals surface area contributed by atoms with E-state index in [-0.39, 0.29) is 24.0 Å². The van der Waals surface area contributed by atoms with Crippen molar-refractivity contribution in [1.29, 1.82) is 0 Å². The molecule has 0 heterocycles. The Labute approximate surface area is 141 Å². The number of aliphatic hydroxyl groups excluding tert-OH is 1. The number of halogens is 1. The van der Waals surface area contributed by atoms with Crippen LogP contribution in [0.25, 0.3) is 0 Å². The highest BCUT2D eigenvalue weighted by molar-refractivity contribution is 6.30. The third kappa shape index (κ3) is 4.34. The fraction of sp³-hybridized carbons (Fsp3) is 0.316. The number of aromatic carboxylic acids is 1. The average molecular weight is 333 g/mol. The van der Waals surface area contributed by atoms with E-state index in [1.807, 2.05) is 36.4 Å². The molecule has 0 saturated carbocycles. The third-order valence-electron chi connectivity index (χ3n) is 4.17. The van der Waals surface area contributed by atoms with E-state index in [4.69, 9.17) is 16.7 Å². The Hall–Kier alpha value is -1.84. The minimum absolute atomic E-state index is 0.0347. The van der Waals surface area contributed by atoms with Gasteiger partial charge in [0, 0.05) is 10.9 Å². The molecule has 2 N–H and O–H groups in total. The Morgan fingerprint density at radius 2 is 1.52 bits per heavy atom. The maximum Gasteiger partial charge on any atom is 0.335 e. The highest BCUT2D eigenvalue weighted by atomic mass is 35.5. The second kappa shape index (κ2) is 8.14. The third-order valence-corrected chi connectivity index (χ3v) is 4.42. The zero-order valence-corrected chi connectivity index (χ0v) is 13.8. The first-order valence-corrected chi connectivity index (χ1v) is 8.14. The van der Waals surface area contributed by atoms with E-state index in [1.54, 1.807) is 12.1 Å². The molecular formula is C19H21ClO3. The van der Waals surface area contributed by atoms with Gasteiger partial charge in [0.1, 0.15) is 0 Å². The van der Waals surface area contributed by atoms with Crippen LogP contribution in [0.1, 0.15) is 53.1 Å². The van der Waals surface area contributed by atoms with E-state index in [9.17, 15) is 9.90 Å². The second-order valence-electron chi connectivity index (χ2n) is 5.66. The number of hydrogen-bond acceptors (Lipinski definition) is 2. The van der Waals surface area contributed by atoms with Gasteiger partial charge in [-0.2, -0.15) is 0 Å². The molecule has 0 bridgehead atoms. The van der Waals surface area contributed by atoms with E-state index in [1.165, 1.54) is 0 Å². The molecule has 2 unspecified atom stereocenters. The molecule has 0 fully saturated rings. The number of carbonyl (C=O) groups is 1. The number of rotatable bonds is 7. The number of carboxylic acid groups (broad SMARTS) is 1. The van der Waals surface area contributed by atoms with Gasteiger partial charge in [-0.05, 0) is 47.7 Å². The maximum atomic E-state index is 11.0. The van der Waals surface area contributed by atoms with Crippen LogP contribution in [0.3, 0.4) is 0 Å². The van der Waals surface area contributed by atoms with Gasteiger partial charge in [0.05, 0.1) is 12.2 Å². The molecule has 3 nitrogen and oxygen atoms in total. The summed E-state index contributed by atoms with van der Waals surface area (Å²) < 4.78 is 0. The van der Waals surface area contributed by atoms with Crippen molar-refractivity contribution in [1.82, 2.24) is 0 Å².